The molecule has 3 rings (SSSR count). The Hall–Kier alpha value is -1.20. The molecule has 1 aromatic carbocycles. The lowest BCUT2D eigenvalue weighted by Crippen LogP contribution is -1.91. The van der Waals surface area contributed by atoms with E-state index in [0.29, 0.717) is 10.9 Å². The minimum absolute atomic E-state index is 0.443. The van der Waals surface area contributed by atoms with Crippen LogP contribution in [0.4, 0.5) is 0 Å². The van der Waals surface area contributed by atoms with Crippen LogP contribution in [0.25, 0.3) is 16.7 Å². The molecule has 15 heavy (non-hydrogen) atoms. The zero-order valence-corrected chi connectivity index (χ0v) is 9.70. The van der Waals surface area contributed by atoms with Crippen molar-refractivity contribution in [2.75, 3.05) is 0 Å². The summed E-state index contributed by atoms with van der Waals surface area (Å²) in [6, 6.07) is 5.79. The van der Waals surface area contributed by atoms with Crippen LogP contribution >= 0.6 is 27.5 Å². The van der Waals surface area contributed by atoms with E-state index in [1.807, 2.05) is 18.2 Å². The second-order valence-corrected chi connectivity index (χ2v) is 4.34. The summed E-state index contributed by atoms with van der Waals surface area (Å²) in [5.41, 5.74) is 0.935. The zero-order chi connectivity index (χ0) is 10.4. The van der Waals surface area contributed by atoms with Crippen molar-refractivity contribution in [1.29, 1.82) is 0 Å². The summed E-state index contributed by atoms with van der Waals surface area (Å²) in [5, 5.41) is 8.98. The van der Waals surface area contributed by atoms with Crippen LogP contribution in [0.1, 0.15) is 0 Å². The van der Waals surface area contributed by atoms with Gasteiger partial charge in [0.2, 0.25) is 0 Å². The summed E-state index contributed by atoms with van der Waals surface area (Å²) in [6.45, 7) is 0. The highest BCUT2D eigenvalue weighted by atomic mass is 79.9. The summed E-state index contributed by atoms with van der Waals surface area (Å²) >= 11 is 9.45. The van der Waals surface area contributed by atoms with E-state index in [4.69, 9.17) is 11.6 Å². The lowest BCUT2D eigenvalue weighted by molar-refractivity contribution is 1.10. The molecule has 0 radical (unpaired) electrons. The molecule has 0 aliphatic carbocycles. The van der Waals surface area contributed by atoms with Crippen LogP contribution in [-0.2, 0) is 0 Å². The van der Waals surface area contributed by atoms with E-state index in [-0.39, 0.29) is 0 Å². The molecule has 0 aliphatic rings. The average Bonchev–Trinajstić information content (AvgIpc) is 2.65. The van der Waals surface area contributed by atoms with Gasteiger partial charge in [-0.05, 0) is 18.2 Å². The van der Waals surface area contributed by atoms with Gasteiger partial charge in [-0.2, -0.15) is 4.98 Å². The number of hydrogen-bond acceptors (Lipinski definition) is 3. The third-order valence-corrected chi connectivity index (χ3v) is 2.95. The molecule has 4 nitrogen and oxygen atoms in total. The van der Waals surface area contributed by atoms with Crippen molar-refractivity contribution in [3.63, 3.8) is 0 Å². The summed E-state index contributed by atoms with van der Waals surface area (Å²) in [4.78, 5) is 4.13. The van der Waals surface area contributed by atoms with E-state index in [2.05, 4.69) is 31.1 Å². The largest absolute Gasteiger partial charge is 0.265 e. The van der Waals surface area contributed by atoms with Crippen molar-refractivity contribution >= 4 is 44.2 Å². The first-order valence-electron chi connectivity index (χ1n) is 4.20. The maximum Gasteiger partial charge on any atom is 0.256 e. The highest BCUT2D eigenvalue weighted by molar-refractivity contribution is 9.10. The van der Waals surface area contributed by atoms with Gasteiger partial charge < -0.3 is 0 Å². The molecule has 6 heteroatoms. The maximum atomic E-state index is 6.04. The van der Waals surface area contributed by atoms with Crippen molar-refractivity contribution < 1.29 is 0 Å². The molecular formula is C9H4BrClN4. The van der Waals surface area contributed by atoms with Crippen LogP contribution in [0.2, 0.25) is 5.15 Å². The Morgan fingerprint density at radius 3 is 3.07 bits per heavy atom. The lowest BCUT2D eigenvalue weighted by Gasteiger charge is -2.02. The van der Waals surface area contributed by atoms with Gasteiger partial charge in [-0.25, -0.2) is 0 Å². The first-order chi connectivity index (χ1) is 7.25. The van der Waals surface area contributed by atoms with Crippen molar-refractivity contribution in [3.05, 3.63) is 34.2 Å². The Morgan fingerprint density at radius 2 is 2.20 bits per heavy atom. The Bertz CT molecular complexity index is 664. The highest BCUT2D eigenvalue weighted by Gasteiger charge is 2.07. The number of fused-ring (bicyclic) bond motifs is 3. The van der Waals surface area contributed by atoms with Crippen molar-refractivity contribution in [2.24, 2.45) is 0 Å². The summed E-state index contributed by atoms with van der Waals surface area (Å²) in [5.74, 6) is 0.505. The molecule has 2 heterocycles. The third kappa shape index (κ3) is 1.31. The van der Waals surface area contributed by atoms with E-state index in [1.54, 1.807) is 10.7 Å². The second kappa shape index (κ2) is 3.15. The Kier molecular flexibility index (Phi) is 1.90. The molecular weight excluding hydrogens is 279 g/mol. The Morgan fingerprint density at radius 1 is 1.33 bits per heavy atom. The third-order valence-electron chi connectivity index (χ3n) is 2.17. The fraction of sp³-hybridized carbons (Fsp3) is 0. The number of halogens is 2. The van der Waals surface area contributed by atoms with E-state index < -0.39 is 0 Å². The van der Waals surface area contributed by atoms with Crippen molar-refractivity contribution in [3.8, 4) is 0 Å². The van der Waals surface area contributed by atoms with Gasteiger partial charge in [-0.3, -0.25) is 4.40 Å². The quantitative estimate of drug-likeness (QED) is 0.596. The molecule has 0 aliphatic heterocycles. The van der Waals surface area contributed by atoms with Crippen LogP contribution in [0.5, 0.6) is 0 Å². The normalized spacial score (nSPS) is 11.3. The molecule has 3 aromatic rings. The molecule has 0 unspecified atom stereocenters. The Balaban J connectivity index is 2.63. The standard InChI is InChI=1S/C9H4BrClN4/c10-5-1-2-6-7(3-5)15-4-12-14-9(15)13-8(6)11/h1-4H. The summed E-state index contributed by atoms with van der Waals surface area (Å²) < 4.78 is 2.78. The SMILES string of the molecule is Clc1nc2nncn2c2cc(Br)ccc12. The van der Waals surface area contributed by atoms with Gasteiger partial charge in [0.1, 0.15) is 11.5 Å². The smallest absolute Gasteiger partial charge is 0.256 e. The predicted molar refractivity (Wildman–Crippen MR) is 61.0 cm³/mol. The molecule has 0 saturated heterocycles. The van der Waals surface area contributed by atoms with Crippen LogP contribution in [0.15, 0.2) is 29.0 Å². The highest BCUT2D eigenvalue weighted by Crippen LogP contribution is 2.25. The number of rotatable bonds is 0. The van der Waals surface area contributed by atoms with Crippen molar-refractivity contribution in [2.45, 2.75) is 0 Å². The minimum Gasteiger partial charge on any atom is -0.265 e. The number of hydrogen-bond donors (Lipinski definition) is 0. The molecule has 0 atom stereocenters. The summed E-state index contributed by atoms with van der Waals surface area (Å²) in [6.07, 6.45) is 1.62. The fourth-order valence-electron chi connectivity index (χ4n) is 1.50. The van der Waals surface area contributed by atoms with Crippen LogP contribution in [0, 0.1) is 0 Å². The van der Waals surface area contributed by atoms with Gasteiger partial charge in [0.15, 0.2) is 0 Å². The average molecular weight is 284 g/mol. The van der Waals surface area contributed by atoms with E-state index in [0.717, 1.165) is 15.4 Å². The molecule has 2 aromatic heterocycles. The van der Waals surface area contributed by atoms with Gasteiger partial charge in [-0.15, -0.1) is 10.2 Å². The molecule has 74 valence electrons. The lowest BCUT2D eigenvalue weighted by atomic mass is 10.2. The molecule has 0 amide bonds. The molecule has 0 saturated carbocycles. The van der Waals surface area contributed by atoms with Gasteiger partial charge >= 0.3 is 0 Å². The van der Waals surface area contributed by atoms with E-state index in [9.17, 15) is 0 Å². The predicted octanol–water partition coefficient (Wildman–Crippen LogP) is 2.69. The Labute approximate surface area is 98.0 Å². The van der Waals surface area contributed by atoms with Gasteiger partial charge in [0, 0.05) is 9.86 Å². The number of benzene rings is 1. The van der Waals surface area contributed by atoms with Crippen LogP contribution in [-0.4, -0.2) is 19.6 Å². The summed E-state index contributed by atoms with van der Waals surface area (Å²) in [7, 11) is 0. The molecule has 0 N–H and O–H groups in total. The maximum absolute atomic E-state index is 6.04. The molecule has 0 spiro atoms. The number of aromatic nitrogens is 4. The van der Waals surface area contributed by atoms with E-state index >= 15 is 0 Å². The van der Waals surface area contributed by atoms with Crippen LogP contribution in [0.3, 0.4) is 0 Å². The first-order valence-corrected chi connectivity index (χ1v) is 5.37. The second-order valence-electron chi connectivity index (χ2n) is 3.07. The molecule has 0 bridgehead atoms. The van der Waals surface area contributed by atoms with E-state index in [1.165, 1.54) is 0 Å². The number of nitrogens with zero attached hydrogens (tertiary/aromatic N) is 4. The monoisotopic (exact) mass is 282 g/mol. The van der Waals surface area contributed by atoms with Gasteiger partial charge in [0.25, 0.3) is 5.78 Å². The van der Waals surface area contributed by atoms with Crippen LogP contribution < -0.4 is 0 Å². The fourth-order valence-corrected chi connectivity index (χ4v) is 2.09. The zero-order valence-electron chi connectivity index (χ0n) is 7.35. The van der Waals surface area contributed by atoms with Crippen molar-refractivity contribution in [1.82, 2.24) is 19.6 Å². The first kappa shape index (κ1) is 9.06. The minimum atomic E-state index is 0.443. The molecule has 0 fully saturated rings. The topological polar surface area (TPSA) is 43.1 Å². The van der Waals surface area contributed by atoms with Gasteiger partial charge in [0.05, 0.1) is 5.52 Å². The van der Waals surface area contributed by atoms with Gasteiger partial charge in [-0.1, -0.05) is 27.5 Å².